The predicted molar refractivity (Wildman–Crippen MR) is 77.7 cm³/mol. The van der Waals surface area contributed by atoms with Gasteiger partial charge in [-0.05, 0) is 35.6 Å². The van der Waals surface area contributed by atoms with Crippen LogP contribution in [0.2, 0.25) is 0 Å². The second kappa shape index (κ2) is 4.52. The van der Waals surface area contributed by atoms with Gasteiger partial charge in [-0.15, -0.1) is 11.3 Å². The largest absolute Gasteiger partial charge is 0.326 e. The Kier molecular flexibility index (Phi) is 2.86. The maximum atomic E-state index is 5.58. The van der Waals surface area contributed by atoms with Gasteiger partial charge in [-0.3, -0.25) is 4.98 Å². The number of aryl methyl sites for hydroxylation is 1. The third-order valence-corrected chi connectivity index (χ3v) is 4.36. The highest BCUT2D eigenvalue weighted by atomic mass is 32.1. The fraction of sp³-hybridized carbons (Fsp3) is 0.133. The number of nitrogens with two attached hydrogens (primary N) is 1. The van der Waals surface area contributed by atoms with Gasteiger partial charge in [0.1, 0.15) is 0 Å². The summed E-state index contributed by atoms with van der Waals surface area (Å²) in [5.41, 5.74) is 8.99. The van der Waals surface area contributed by atoms with E-state index in [1.165, 1.54) is 20.5 Å². The van der Waals surface area contributed by atoms with Gasteiger partial charge in [0.05, 0.1) is 10.6 Å². The van der Waals surface area contributed by atoms with E-state index in [9.17, 15) is 0 Å². The van der Waals surface area contributed by atoms with Crippen LogP contribution >= 0.6 is 11.3 Å². The van der Waals surface area contributed by atoms with Gasteiger partial charge in [-0.2, -0.15) is 0 Å². The Bertz CT molecular complexity index is 683. The zero-order valence-corrected chi connectivity index (χ0v) is 11.0. The van der Waals surface area contributed by atoms with Crippen LogP contribution in [0.25, 0.3) is 20.7 Å². The summed E-state index contributed by atoms with van der Waals surface area (Å²) in [5.74, 6) is 0. The average molecular weight is 254 g/mol. The van der Waals surface area contributed by atoms with E-state index in [0.717, 1.165) is 11.3 Å². The highest BCUT2D eigenvalue weighted by molar-refractivity contribution is 7.22. The molecule has 0 atom stereocenters. The zero-order chi connectivity index (χ0) is 12.5. The second-order valence-electron chi connectivity index (χ2n) is 4.36. The molecule has 1 aromatic carbocycles. The molecule has 90 valence electrons. The molecular weight excluding hydrogens is 240 g/mol. The summed E-state index contributed by atoms with van der Waals surface area (Å²) in [5, 5.41) is 1.29. The number of hydrogen-bond donors (Lipinski definition) is 1. The maximum Gasteiger partial charge on any atom is 0.0802 e. The minimum absolute atomic E-state index is 0.540. The number of pyridine rings is 1. The van der Waals surface area contributed by atoms with Crippen LogP contribution in [0.4, 0.5) is 0 Å². The number of nitrogens with zero attached hydrogens (tertiary/aromatic N) is 1. The van der Waals surface area contributed by atoms with Crippen LogP contribution in [0, 0.1) is 6.92 Å². The fourth-order valence-corrected chi connectivity index (χ4v) is 3.13. The van der Waals surface area contributed by atoms with Gasteiger partial charge < -0.3 is 5.73 Å². The van der Waals surface area contributed by atoms with Gasteiger partial charge in [0.25, 0.3) is 0 Å². The van der Waals surface area contributed by atoms with Gasteiger partial charge in [-0.1, -0.05) is 24.3 Å². The molecule has 0 unspecified atom stereocenters. The molecule has 0 aliphatic carbocycles. The second-order valence-corrected chi connectivity index (χ2v) is 5.41. The summed E-state index contributed by atoms with van der Waals surface area (Å²) in [6, 6.07) is 12.7. The number of fused-ring (bicyclic) bond motifs is 1. The van der Waals surface area contributed by atoms with Gasteiger partial charge in [0, 0.05) is 17.4 Å². The van der Waals surface area contributed by atoms with E-state index in [0.29, 0.717) is 6.54 Å². The van der Waals surface area contributed by atoms with E-state index in [2.05, 4.69) is 36.2 Å². The lowest BCUT2D eigenvalue weighted by Crippen LogP contribution is -1.96. The molecule has 0 saturated carbocycles. The summed E-state index contributed by atoms with van der Waals surface area (Å²) < 4.78 is 1.34. The highest BCUT2D eigenvalue weighted by Crippen LogP contribution is 2.34. The molecular formula is C15H14N2S. The molecule has 2 N–H and O–H groups in total. The van der Waals surface area contributed by atoms with Crippen LogP contribution in [0.3, 0.4) is 0 Å². The number of benzene rings is 1. The fourth-order valence-electron chi connectivity index (χ4n) is 2.03. The summed E-state index contributed by atoms with van der Waals surface area (Å²) in [7, 11) is 0. The van der Waals surface area contributed by atoms with Crippen molar-refractivity contribution in [1.29, 1.82) is 0 Å². The summed E-state index contributed by atoms with van der Waals surface area (Å²) in [6.45, 7) is 2.69. The van der Waals surface area contributed by atoms with E-state index in [1.54, 1.807) is 11.3 Å². The van der Waals surface area contributed by atoms with Crippen LogP contribution in [-0.4, -0.2) is 4.98 Å². The van der Waals surface area contributed by atoms with Crippen molar-refractivity contribution < 1.29 is 0 Å². The monoisotopic (exact) mass is 254 g/mol. The first-order chi connectivity index (χ1) is 8.78. The van der Waals surface area contributed by atoms with Crippen molar-refractivity contribution in [3.05, 3.63) is 53.7 Å². The molecule has 0 radical (unpaired) electrons. The van der Waals surface area contributed by atoms with Crippen molar-refractivity contribution in [1.82, 2.24) is 4.98 Å². The Balaban J connectivity index is 2.10. The van der Waals surface area contributed by atoms with Crippen molar-refractivity contribution in [2.75, 3.05) is 0 Å². The number of aromatic nitrogens is 1. The Labute approximate surface area is 110 Å². The lowest BCUT2D eigenvalue weighted by Gasteiger charge is -1.98. The summed E-state index contributed by atoms with van der Waals surface area (Å²) in [6.07, 6.45) is 1.85. The molecule has 0 aliphatic rings. The van der Waals surface area contributed by atoms with Crippen molar-refractivity contribution >= 4 is 21.4 Å². The van der Waals surface area contributed by atoms with E-state index >= 15 is 0 Å². The minimum atomic E-state index is 0.540. The van der Waals surface area contributed by atoms with Gasteiger partial charge in [0.2, 0.25) is 0 Å². The van der Waals surface area contributed by atoms with Crippen molar-refractivity contribution in [2.24, 2.45) is 5.73 Å². The molecule has 0 bridgehead atoms. The SMILES string of the molecule is Cc1cccc2cc(-c3ccc(CN)cn3)sc12. The number of hydrogen-bond acceptors (Lipinski definition) is 3. The Morgan fingerprint density at radius 1 is 1.22 bits per heavy atom. The number of thiophene rings is 1. The van der Waals surface area contributed by atoms with Crippen LogP contribution in [0.5, 0.6) is 0 Å². The van der Waals surface area contributed by atoms with Crippen molar-refractivity contribution in [3.63, 3.8) is 0 Å². The van der Waals surface area contributed by atoms with Gasteiger partial charge in [-0.25, -0.2) is 0 Å². The first-order valence-electron chi connectivity index (χ1n) is 5.92. The maximum absolute atomic E-state index is 5.58. The van der Waals surface area contributed by atoms with E-state index < -0.39 is 0 Å². The van der Waals surface area contributed by atoms with Gasteiger partial charge in [0.15, 0.2) is 0 Å². The lowest BCUT2D eigenvalue weighted by molar-refractivity contribution is 1.05. The first kappa shape index (κ1) is 11.4. The van der Waals surface area contributed by atoms with E-state index in [4.69, 9.17) is 5.73 Å². The normalized spacial score (nSPS) is 11.0. The quantitative estimate of drug-likeness (QED) is 0.756. The molecule has 2 nitrogen and oxygen atoms in total. The molecule has 3 aromatic rings. The van der Waals surface area contributed by atoms with Crippen molar-refractivity contribution in [2.45, 2.75) is 13.5 Å². The molecule has 0 saturated heterocycles. The molecule has 0 fully saturated rings. The van der Waals surface area contributed by atoms with Crippen molar-refractivity contribution in [3.8, 4) is 10.6 Å². The van der Waals surface area contributed by atoms with E-state index in [-0.39, 0.29) is 0 Å². The third kappa shape index (κ3) is 1.92. The third-order valence-electron chi connectivity index (χ3n) is 3.05. The highest BCUT2D eigenvalue weighted by Gasteiger charge is 2.06. The Morgan fingerprint density at radius 2 is 2.11 bits per heavy atom. The lowest BCUT2D eigenvalue weighted by atomic mass is 10.1. The Hall–Kier alpha value is -1.71. The smallest absolute Gasteiger partial charge is 0.0802 e. The predicted octanol–water partition coefficient (Wildman–Crippen LogP) is 3.73. The summed E-state index contributed by atoms with van der Waals surface area (Å²) >= 11 is 1.80. The molecule has 2 heterocycles. The van der Waals surface area contributed by atoms with Crippen LogP contribution < -0.4 is 5.73 Å². The van der Waals surface area contributed by atoms with Crippen LogP contribution in [0.1, 0.15) is 11.1 Å². The first-order valence-corrected chi connectivity index (χ1v) is 6.74. The number of rotatable bonds is 2. The molecule has 0 spiro atoms. The molecule has 3 rings (SSSR count). The van der Waals surface area contributed by atoms with E-state index in [1.807, 2.05) is 18.3 Å². The minimum Gasteiger partial charge on any atom is -0.326 e. The standard InChI is InChI=1S/C15H14N2S/c1-10-3-2-4-12-7-14(18-15(10)12)13-6-5-11(8-16)9-17-13/h2-7,9H,8,16H2,1H3. The summed E-state index contributed by atoms with van der Waals surface area (Å²) in [4.78, 5) is 5.69. The van der Waals surface area contributed by atoms with Gasteiger partial charge >= 0.3 is 0 Å². The van der Waals surface area contributed by atoms with Crippen LogP contribution in [-0.2, 0) is 6.54 Å². The average Bonchev–Trinajstić information content (AvgIpc) is 2.84. The zero-order valence-electron chi connectivity index (χ0n) is 10.2. The molecule has 0 aliphatic heterocycles. The Morgan fingerprint density at radius 3 is 2.78 bits per heavy atom. The molecule has 3 heteroatoms. The topological polar surface area (TPSA) is 38.9 Å². The molecule has 2 aromatic heterocycles. The molecule has 0 amide bonds. The molecule has 18 heavy (non-hydrogen) atoms. The van der Waals surface area contributed by atoms with Crippen LogP contribution in [0.15, 0.2) is 42.6 Å².